The smallest absolute Gasteiger partial charge is 0.126 e. The zero-order valence-electron chi connectivity index (χ0n) is 11.4. The molecule has 0 nitrogen and oxygen atoms in total. The molecule has 0 radical (unpaired) electrons. The Balaban J connectivity index is 2.47. The van der Waals surface area contributed by atoms with Gasteiger partial charge in [-0.2, -0.15) is 0 Å². The van der Waals surface area contributed by atoms with Crippen LogP contribution in [0, 0.1) is 11.5 Å². The summed E-state index contributed by atoms with van der Waals surface area (Å²) >= 11 is 0. The Hall–Kier alpha value is -1.00. The van der Waals surface area contributed by atoms with Crippen LogP contribution in [0.2, 0.25) is 13.1 Å². The lowest BCUT2D eigenvalue weighted by molar-refractivity contribution is 0.680. The molecule has 0 aliphatic rings. The Labute approximate surface area is 107 Å². The van der Waals surface area contributed by atoms with Crippen LogP contribution < -0.4 is 5.19 Å². The molecule has 0 aliphatic carbocycles. The molecule has 0 aliphatic heterocycles. The average molecular weight is 244 g/mol. The van der Waals surface area contributed by atoms with Gasteiger partial charge in [-0.25, -0.2) is 0 Å². The van der Waals surface area contributed by atoms with Crippen molar-refractivity contribution in [2.45, 2.75) is 52.1 Å². The van der Waals surface area contributed by atoms with Crippen molar-refractivity contribution in [2.75, 3.05) is 0 Å². The third kappa shape index (κ3) is 5.24. The molecule has 1 aromatic rings. The van der Waals surface area contributed by atoms with Crippen molar-refractivity contribution in [1.29, 1.82) is 0 Å². The van der Waals surface area contributed by atoms with Crippen molar-refractivity contribution >= 4 is 13.3 Å². The van der Waals surface area contributed by atoms with Crippen LogP contribution in [0.15, 0.2) is 30.3 Å². The van der Waals surface area contributed by atoms with Crippen LogP contribution in [-0.2, 0) is 0 Å². The van der Waals surface area contributed by atoms with Gasteiger partial charge in [0, 0.05) is 6.42 Å². The molecule has 17 heavy (non-hydrogen) atoms. The van der Waals surface area contributed by atoms with Crippen molar-refractivity contribution in [2.24, 2.45) is 0 Å². The number of rotatable bonds is 5. The Kier molecular flexibility index (Phi) is 6.08. The second-order valence-corrected chi connectivity index (χ2v) is 9.18. The predicted octanol–water partition coefficient (Wildman–Crippen LogP) is 4.12. The second kappa shape index (κ2) is 7.35. The van der Waals surface area contributed by atoms with E-state index < -0.39 is 8.07 Å². The minimum atomic E-state index is -1.51. The van der Waals surface area contributed by atoms with Crippen LogP contribution in [0.5, 0.6) is 0 Å². The largest absolute Gasteiger partial charge is 0.162 e. The number of hydrogen-bond acceptors (Lipinski definition) is 0. The third-order valence-corrected chi connectivity index (χ3v) is 5.63. The van der Waals surface area contributed by atoms with Crippen LogP contribution in [0.1, 0.15) is 39.0 Å². The Bertz CT molecular complexity index is 368. The molecule has 0 saturated carbocycles. The van der Waals surface area contributed by atoms with Crippen molar-refractivity contribution in [3.63, 3.8) is 0 Å². The van der Waals surface area contributed by atoms with E-state index in [0.29, 0.717) is 0 Å². The molecule has 0 unspecified atom stereocenters. The second-order valence-electron chi connectivity index (χ2n) is 5.10. The molecule has 0 N–H and O–H groups in total. The zero-order chi connectivity index (χ0) is 12.6. The number of unbranched alkanes of at least 4 members (excludes halogenated alkanes) is 4. The maximum Gasteiger partial charge on any atom is 0.162 e. The summed E-state index contributed by atoms with van der Waals surface area (Å²) in [5.41, 5.74) is 3.54. The van der Waals surface area contributed by atoms with E-state index in [4.69, 9.17) is 0 Å². The van der Waals surface area contributed by atoms with E-state index in [1.807, 2.05) is 0 Å². The molecular formula is C16H24Si. The fraction of sp³-hybridized carbons (Fsp3) is 0.500. The lowest BCUT2D eigenvalue weighted by atomic mass is 10.2. The summed E-state index contributed by atoms with van der Waals surface area (Å²) in [5, 5.41) is 1.45. The number of hydrogen-bond donors (Lipinski definition) is 0. The van der Waals surface area contributed by atoms with Crippen LogP contribution >= 0.6 is 0 Å². The topological polar surface area (TPSA) is 0 Å². The van der Waals surface area contributed by atoms with Crippen molar-refractivity contribution in [3.05, 3.63) is 30.3 Å². The first-order chi connectivity index (χ1) is 8.17. The Morgan fingerprint density at radius 2 is 1.71 bits per heavy atom. The summed E-state index contributed by atoms with van der Waals surface area (Å²) in [7, 11) is -1.51. The van der Waals surface area contributed by atoms with E-state index >= 15 is 0 Å². The molecule has 1 aromatic carbocycles. The Morgan fingerprint density at radius 3 is 2.35 bits per heavy atom. The van der Waals surface area contributed by atoms with Gasteiger partial charge in [0.25, 0.3) is 0 Å². The first-order valence-electron chi connectivity index (χ1n) is 6.72. The molecule has 0 fully saturated rings. The van der Waals surface area contributed by atoms with E-state index in [-0.39, 0.29) is 0 Å². The number of benzene rings is 1. The van der Waals surface area contributed by atoms with E-state index in [1.54, 1.807) is 0 Å². The molecule has 0 aromatic heterocycles. The average Bonchev–Trinajstić information content (AvgIpc) is 2.35. The normalized spacial score (nSPS) is 10.8. The van der Waals surface area contributed by atoms with E-state index in [2.05, 4.69) is 61.8 Å². The summed E-state index contributed by atoms with van der Waals surface area (Å²) in [6.07, 6.45) is 6.32. The predicted molar refractivity (Wildman–Crippen MR) is 80.1 cm³/mol. The van der Waals surface area contributed by atoms with Crippen LogP contribution in [0.3, 0.4) is 0 Å². The maximum atomic E-state index is 3.54. The summed E-state index contributed by atoms with van der Waals surface area (Å²) < 4.78 is 0. The van der Waals surface area contributed by atoms with Gasteiger partial charge in [0.05, 0.1) is 0 Å². The minimum Gasteiger partial charge on any atom is -0.126 e. The first-order valence-corrected chi connectivity index (χ1v) is 9.72. The van der Waals surface area contributed by atoms with Crippen LogP contribution in [0.25, 0.3) is 0 Å². The monoisotopic (exact) mass is 244 g/mol. The first kappa shape index (κ1) is 14.1. The summed E-state index contributed by atoms with van der Waals surface area (Å²) in [4.78, 5) is 0. The molecule has 92 valence electrons. The summed E-state index contributed by atoms with van der Waals surface area (Å²) in [5.74, 6) is 3.39. The van der Waals surface area contributed by atoms with Gasteiger partial charge in [-0.3, -0.25) is 0 Å². The maximum absolute atomic E-state index is 3.54. The lowest BCUT2D eigenvalue weighted by Gasteiger charge is -2.14. The van der Waals surface area contributed by atoms with Gasteiger partial charge in [0.2, 0.25) is 0 Å². The van der Waals surface area contributed by atoms with E-state index in [0.717, 1.165) is 6.42 Å². The molecule has 1 rings (SSSR count). The molecule has 0 atom stereocenters. The summed E-state index contributed by atoms with van der Waals surface area (Å²) in [6, 6.07) is 10.8. The summed E-state index contributed by atoms with van der Waals surface area (Å²) in [6.45, 7) is 6.92. The molecule has 0 heterocycles. The molecule has 0 amide bonds. The van der Waals surface area contributed by atoms with Crippen molar-refractivity contribution in [1.82, 2.24) is 0 Å². The van der Waals surface area contributed by atoms with Crippen molar-refractivity contribution < 1.29 is 0 Å². The van der Waals surface area contributed by atoms with Gasteiger partial charge >= 0.3 is 0 Å². The molecule has 0 saturated heterocycles. The highest BCUT2D eigenvalue weighted by atomic mass is 28.3. The highest BCUT2D eigenvalue weighted by molar-refractivity contribution is 6.96. The molecule has 0 spiro atoms. The van der Waals surface area contributed by atoms with Gasteiger partial charge in [-0.1, -0.05) is 69.6 Å². The molecular weight excluding hydrogens is 220 g/mol. The van der Waals surface area contributed by atoms with Gasteiger partial charge < -0.3 is 0 Å². The van der Waals surface area contributed by atoms with E-state index in [1.165, 1.54) is 30.9 Å². The highest BCUT2D eigenvalue weighted by Crippen LogP contribution is 2.04. The van der Waals surface area contributed by atoms with Crippen LogP contribution in [0.4, 0.5) is 0 Å². The van der Waals surface area contributed by atoms with Gasteiger partial charge in [0.15, 0.2) is 8.07 Å². The quantitative estimate of drug-likeness (QED) is 0.415. The van der Waals surface area contributed by atoms with Crippen LogP contribution in [-0.4, -0.2) is 8.07 Å². The third-order valence-electron chi connectivity index (χ3n) is 3.05. The van der Waals surface area contributed by atoms with E-state index in [9.17, 15) is 0 Å². The lowest BCUT2D eigenvalue weighted by Crippen LogP contribution is -2.39. The standard InChI is InChI=1S/C16H24Si/c1-4-5-6-7-8-12-15-17(2,3)16-13-10-9-11-14-16/h9-11,13-14H,4-8H2,1-3H3. The molecule has 1 heteroatoms. The van der Waals surface area contributed by atoms with Gasteiger partial charge in [-0.15, -0.1) is 11.5 Å². The van der Waals surface area contributed by atoms with Gasteiger partial charge in [0.1, 0.15) is 0 Å². The minimum absolute atomic E-state index is 1.07. The zero-order valence-corrected chi connectivity index (χ0v) is 12.4. The fourth-order valence-electron chi connectivity index (χ4n) is 1.85. The highest BCUT2D eigenvalue weighted by Gasteiger charge is 2.19. The van der Waals surface area contributed by atoms with Crippen molar-refractivity contribution in [3.8, 4) is 11.5 Å². The fourth-order valence-corrected chi connectivity index (χ4v) is 3.59. The van der Waals surface area contributed by atoms with Gasteiger partial charge in [-0.05, 0) is 11.6 Å². The Morgan fingerprint density at radius 1 is 1.00 bits per heavy atom. The SMILES string of the molecule is CCCCCCC#C[Si](C)(C)c1ccccc1. The molecule has 0 bridgehead atoms.